The second kappa shape index (κ2) is 4.32. The van der Waals surface area contributed by atoms with Crippen LogP contribution in [0.2, 0.25) is 0 Å². The van der Waals surface area contributed by atoms with Crippen LogP contribution < -0.4 is 10.9 Å². The summed E-state index contributed by atoms with van der Waals surface area (Å²) in [6, 6.07) is 0. The van der Waals surface area contributed by atoms with E-state index in [1.807, 2.05) is 0 Å². The molecule has 3 rings (SSSR count). The Morgan fingerprint density at radius 1 is 1.28 bits per heavy atom. The summed E-state index contributed by atoms with van der Waals surface area (Å²) >= 11 is 0. The number of aromatic nitrogens is 6. The molecule has 0 fully saturated rings. The highest BCUT2D eigenvalue weighted by Gasteiger charge is 2.05. The van der Waals surface area contributed by atoms with Crippen molar-refractivity contribution >= 4 is 17.1 Å². The van der Waals surface area contributed by atoms with Gasteiger partial charge in [0.1, 0.15) is 0 Å². The second-order valence-electron chi connectivity index (χ2n) is 3.77. The zero-order valence-electron chi connectivity index (χ0n) is 9.40. The van der Waals surface area contributed by atoms with Gasteiger partial charge in [-0.05, 0) is 0 Å². The summed E-state index contributed by atoms with van der Waals surface area (Å²) in [5, 5.41) is 3.04. The molecule has 0 aliphatic heterocycles. The van der Waals surface area contributed by atoms with Crippen LogP contribution in [-0.2, 0) is 6.42 Å². The average molecular weight is 245 g/mol. The van der Waals surface area contributed by atoms with Gasteiger partial charge < -0.3 is 15.3 Å². The zero-order chi connectivity index (χ0) is 12.4. The van der Waals surface area contributed by atoms with Crippen molar-refractivity contribution in [3.63, 3.8) is 0 Å². The number of H-pyrrole nitrogens is 3. The fourth-order valence-corrected chi connectivity index (χ4v) is 1.66. The fraction of sp³-hybridized carbons (Fsp3) is 0.200. The smallest absolute Gasteiger partial charge is 0.278 e. The van der Waals surface area contributed by atoms with Crippen LogP contribution in [-0.4, -0.2) is 36.4 Å². The molecule has 8 nitrogen and oxygen atoms in total. The lowest BCUT2D eigenvalue weighted by Gasteiger charge is -2.03. The third-order valence-electron chi connectivity index (χ3n) is 2.54. The number of nitrogens with one attached hydrogen (secondary N) is 4. The fourth-order valence-electron chi connectivity index (χ4n) is 1.66. The summed E-state index contributed by atoms with van der Waals surface area (Å²) < 4.78 is 0. The van der Waals surface area contributed by atoms with Crippen molar-refractivity contribution in [1.82, 2.24) is 29.9 Å². The first-order valence-corrected chi connectivity index (χ1v) is 5.47. The normalized spacial score (nSPS) is 10.9. The third kappa shape index (κ3) is 1.95. The molecule has 3 heterocycles. The summed E-state index contributed by atoms with van der Waals surface area (Å²) in [4.78, 5) is 32.1. The molecule has 0 unspecified atom stereocenters. The molecule has 3 aromatic heterocycles. The SMILES string of the molecule is O=c1[nH]c(NCCc2cnc[nH]2)nc2nc[nH]c12. The third-order valence-corrected chi connectivity index (χ3v) is 2.54. The van der Waals surface area contributed by atoms with Gasteiger partial charge in [-0.15, -0.1) is 0 Å². The van der Waals surface area contributed by atoms with Crippen LogP contribution in [0.1, 0.15) is 5.69 Å². The van der Waals surface area contributed by atoms with Gasteiger partial charge >= 0.3 is 0 Å². The predicted octanol–water partition coefficient (Wildman–Crippen LogP) is 0.0239. The van der Waals surface area contributed by atoms with Gasteiger partial charge in [0.15, 0.2) is 11.2 Å². The molecule has 0 aliphatic rings. The minimum atomic E-state index is -0.235. The number of anilines is 1. The number of rotatable bonds is 4. The summed E-state index contributed by atoms with van der Waals surface area (Å²) in [7, 11) is 0. The van der Waals surface area contributed by atoms with Crippen LogP contribution in [0.5, 0.6) is 0 Å². The molecule has 4 N–H and O–H groups in total. The lowest BCUT2D eigenvalue weighted by atomic mass is 10.3. The Morgan fingerprint density at radius 3 is 3.06 bits per heavy atom. The molecule has 92 valence electrons. The van der Waals surface area contributed by atoms with Crippen molar-refractivity contribution in [2.75, 3.05) is 11.9 Å². The van der Waals surface area contributed by atoms with Crippen LogP contribution in [0.4, 0.5) is 5.95 Å². The Kier molecular flexibility index (Phi) is 2.52. The maximum absolute atomic E-state index is 11.6. The monoisotopic (exact) mass is 245 g/mol. The van der Waals surface area contributed by atoms with E-state index in [0.717, 1.165) is 12.1 Å². The molecular weight excluding hydrogens is 234 g/mol. The van der Waals surface area contributed by atoms with Crippen LogP contribution in [0.15, 0.2) is 23.6 Å². The largest absolute Gasteiger partial charge is 0.355 e. The molecule has 18 heavy (non-hydrogen) atoms. The Morgan fingerprint density at radius 2 is 2.22 bits per heavy atom. The maximum atomic E-state index is 11.6. The van der Waals surface area contributed by atoms with E-state index in [0.29, 0.717) is 23.7 Å². The Bertz CT molecular complexity index is 696. The van der Waals surface area contributed by atoms with E-state index in [4.69, 9.17) is 0 Å². The minimum Gasteiger partial charge on any atom is -0.355 e. The van der Waals surface area contributed by atoms with Gasteiger partial charge in [0.2, 0.25) is 5.95 Å². The highest BCUT2D eigenvalue weighted by Crippen LogP contribution is 2.03. The highest BCUT2D eigenvalue weighted by molar-refractivity contribution is 5.69. The van der Waals surface area contributed by atoms with E-state index in [2.05, 4.69) is 35.2 Å². The first kappa shape index (κ1) is 10.5. The van der Waals surface area contributed by atoms with E-state index in [-0.39, 0.29) is 5.56 Å². The number of hydrogen-bond donors (Lipinski definition) is 4. The molecule has 0 saturated heterocycles. The number of hydrogen-bond acceptors (Lipinski definition) is 5. The topological polar surface area (TPSA) is 115 Å². The number of nitrogens with zero attached hydrogens (tertiary/aromatic N) is 3. The standard InChI is InChI=1S/C10H11N7O/c18-9-7-8(15-5-14-7)16-10(17-9)12-2-1-6-3-11-4-13-6/h3-5H,1-2H2,(H,11,13)(H3,12,14,15,16,17,18). The summed E-state index contributed by atoms with van der Waals surface area (Å²) in [5.74, 6) is 0.416. The summed E-state index contributed by atoms with van der Waals surface area (Å²) in [6.45, 7) is 0.640. The summed E-state index contributed by atoms with van der Waals surface area (Å²) in [6.07, 6.45) is 5.60. The van der Waals surface area contributed by atoms with Crippen molar-refractivity contribution < 1.29 is 0 Å². The van der Waals surface area contributed by atoms with Crippen molar-refractivity contribution in [2.24, 2.45) is 0 Å². The maximum Gasteiger partial charge on any atom is 0.278 e. The number of imidazole rings is 2. The lowest BCUT2D eigenvalue weighted by Crippen LogP contribution is -2.15. The second-order valence-corrected chi connectivity index (χ2v) is 3.77. The van der Waals surface area contributed by atoms with Crippen LogP contribution in [0, 0.1) is 0 Å². The molecule has 0 amide bonds. The quantitative estimate of drug-likeness (QED) is 0.517. The predicted molar refractivity (Wildman–Crippen MR) is 65.3 cm³/mol. The first-order chi connectivity index (χ1) is 8.83. The van der Waals surface area contributed by atoms with Gasteiger partial charge in [0.25, 0.3) is 5.56 Å². The lowest BCUT2D eigenvalue weighted by molar-refractivity contribution is 0.953. The summed E-state index contributed by atoms with van der Waals surface area (Å²) in [5.41, 5.74) is 1.57. The van der Waals surface area contributed by atoms with Crippen LogP contribution >= 0.6 is 0 Å². The molecule has 8 heteroatoms. The first-order valence-electron chi connectivity index (χ1n) is 5.47. The van der Waals surface area contributed by atoms with E-state index in [9.17, 15) is 4.79 Å². The minimum absolute atomic E-state index is 0.235. The van der Waals surface area contributed by atoms with Crippen molar-refractivity contribution in [1.29, 1.82) is 0 Å². The zero-order valence-corrected chi connectivity index (χ0v) is 9.40. The van der Waals surface area contributed by atoms with E-state index < -0.39 is 0 Å². The van der Waals surface area contributed by atoms with Gasteiger partial charge in [-0.1, -0.05) is 0 Å². The van der Waals surface area contributed by atoms with Gasteiger partial charge in [-0.25, -0.2) is 9.97 Å². The number of aromatic amines is 3. The van der Waals surface area contributed by atoms with E-state index in [1.165, 1.54) is 6.33 Å². The van der Waals surface area contributed by atoms with Crippen molar-refractivity contribution in [3.8, 4) is 0 Å². The van der Waals surface area contributed by atoms with Gasteiger partial charge in [-0.2, -0.15) is 4.98 Å². The van der Waals surface area contributed by atoms with Gasteiger partial charge in [-0.3, -0.25) is 9.78 Å². The Hall–Kier alpha value is -2.64. The van der Waals surface area contributed by atoms with E-state index in [1.54, 1.807) is 12.5 Å². The van der Waals surface area contributed by atoms with Crippen LogP contribution in [0.25, 0.3) is 11.2 Å². The Balaban J connectivity index is 1.72. The van der Waals surface area contributed by atoms with Gasteiger partial charge in [0, 0.05) is 24.9 Å². The Labute approximate surface area is 101 Å². The number of fused-ring (bicyclic) bond motifs is 1. The molecular formula is C10H11N7O. The molecule has 0 aromatic carbocycles. The highest BCUT2D eigenvalue weighted by atomic mass is 16.1. The molecule has 0 spiro atoms. The van der Waals surface area contributed by atoms with Crippen molar-refractivity contribution in [2.45, 2.75) is 6.42 Å². The van der Waals surface area contributed by atoms with Gasteiger partial charge in [0.05, 0.1) is 12.7 Å². The molecule has 0 aliphatic carbocycles. The molecule has 0 radical (unpaired) electrons. The van der Waals surface area contributed by atoms with E-state index >= 15 is 0 Å². The molecule has 0 atom stereocenters. The van der Waals surface area contributed by atoms with Crippen molar-refractivity contribution in [3.05, 3.63) is 34.9 Å². The molecule has 3 aromatic rings. The molecule has 0 saturated carbocycles. The molecule has 0 bridgehead atoms. The van der Waals surface area contributed by atoms with Crippen LogP contribution in [0.3, 0.4) is 0 Å². The average Bonchev–Trinajstić information content (AvgIpc) is 2.99.